The van der Waals surface area contributed by atoms with Crippen molar-refractivity contribution in [3.8, 4) is 5.75 Å². The van der Waals surface area contributed by atoms with Gasteiger partial charge in [-0.2, -0.15) is 13.2 Å². The topological polar surface area (TPSA) is 75.9 Å². The van der Waals surface area contributed by atoms with Crippen LogP contribution in [0.25, 0.3) is 6.08 Å². The Morgan fingerprint density at radius 2 is 1.84 bits per heavy atom. The van der Waals surface area contributed by atoms with E-state index in [2.05, 4.69) is 15.9 Å². The second-order valence-corrected chi connectivity index (χ2v) is 7.91. The zero-order chi connectivity index (χ0) is 23.5. The predicted molar refractivity (Wildman–Crippen MR) is 117 cm³/mol. The predicted octanol–water partition coefficient (Wildman–Crippen LogP) is 4.75. The monoisotopic (exact) mass is 513 g/mol. The molecular formula is C21H19BrF3N3O4. The maximum Gasteiger partial charge on any atom is 0.416 e. The Labute approximate surface area is 190 Å². The van der Waals surface area contributed by atoms with Crippen molar-refractivity contribution in [2.24, 2.45) is 0 Å². The van der Waals surface area contributed by atoms with E-state index in [0.29, 0.717) is 17.4 Å². The van der Waals surface area contributed by atoms with Crippen LogP contribution in [-0.2, 0) is 11.0 Å². The Hall–Kier alpha value is -3.08. The van der Waals surface area contributed by atoms with Gasteiger partial charge in [0.1, 0.15) is 11.4 Å². The molecule has 2 aromatic rings. The second-order valence-electron chi connectivity index (χ2n) is 6.99. The summed E-state index contributed by atoms with van der Waals surface area (Å²) in [6, 6.07) is 7.87. The summed E-state index contributed by atoms with van der Waals surface area (Å²) < 4.78 is 44.8. The number of carbonyl (C=O) groups excluding carboxylic acids is 1. The second kappa shape index (κ2) is 9.60. The molecule has 1 aliphatic heterocycles. The third-order valence-electron chi connectivity index (χ3n) is 5.03. The first-order valence-corrected chi connectivity index (χ1v) is 10.3. The normalized spacial score (nSPS) is 14.7. The van der Waals surface area contributed by atoms with Gasteiger partial charge in [0.2, 0.25) is 5.91 Å². The summed E-state index contributed by atoms with van der Waals surface area (Å²) >= 11 is 3.37. The van der Waals surface area contributed by atoms with Gasteiger partial charge in [0, 0.05) is 48.4 Å². The van der Waals surface area contributed by atoms with Gasteiger partial charge >= 0.3 is 6.18 Å². The number of methoxy groups -OCH3 is 1. The lowest BCUT2D eigenvalue weighted by molar-refractivity contribution is -0.384. The molecule has 2 aromatic carbocycles. The molecule has 1 fully saturated rings. The zero-order valence-corrected chi connectivity index (χ0v) is 18.5. The van der Waals surface area contributed by atoms with Gasteiger partial charge in [-0.25, -0.2) is 0 Å². The number of alkyl halides is 3. The lowest BCUT2D eigenvalue weighted by Gasteiger charge is -2.35. The minimum Gasteiger partial charge on any atom is -0.496 e. The third kappa shape index (κ3) is 5.39. The van der Waals surface area contributed by atoms with E-state index in [0.717, 1.165) is 16.6 Å². The molecule has 7 nitrogen and oxygen atoms in total. The van der Waals surface area contributed by atoms with E-state index in [1.807, 2.05) is 12.1 Å². The minimum atomic E-state index is -4.67. The maximum absolute atomic E-state index is 12.9. The van der Waals surface area contributed by atoms with Crippen LogP contribution in [0.15, 0.2) is 46.9 Å². The smallest absolute Gasteiger partial charge is 0.416 e. The number of rotatable bonds is 5. The Balaban J connectivity index is 1.69. The first-order chi connectivity index (χ1) is 15.1. The molecule has 1 heterocycles. The number of hydrogen-bond acceptors (Lipinski definition) is 5. The van der Waals surface area contributed by atoms with E-state index in [9.17, 15) is 28.1 Å². The average molecular weight is 514 g/mol. The Morgan fingerprint density at radius 1 is 1.16 bits per heavy atom. The molecule has 0 radical (unpaired) electrons. The molecule has 0 aromatic heterocycles. The summed E-state index contributed by atoms with van der Waals surface area (Å²) in [6.45, 7) is 1.06. The highest BCUT2D eigenvalue weighted by molar-refractivity contribution is 9.10. The van der Waals surface area contributed by atoms with Crippen molar-refractivity contribution in [2.75, 3.05) is 38.2 Å². The van der Waals surface area contributed by atoms with E-state index >= 15 is 0 Å². The van der Waals surface area contributed by atoms with Gasteiger partial charge in [-0.15, -0.1) is 0 Å². The molecule has 0 saturated carbocycles. The highest BCUT2D eigenvalue weighted by Gasteiger charge is 2.34. The molecule has 3 rings (SSSR count). The van der Waals surface area contributed by atoms with E-state index in [1.54, 1.807) is 21.9 Å². The molecule has 32 heavy (non-hydrogen) atoms. The number of amides is 1. The van der Waals surface area contributed by atoms with Crippen LogP contribution in [0, 0.1) is 10.1 Å². The van der Waals surface area contributed by atoms with Crippen LogP contribution in [0.4, 0.5) is 24.5 Å². The Morgan fingerprint density at radius 3 is 2.44 bits per heavy atom. The lowest BCUT2D eigenvalue weighted by atomic mass is 10.1. The van der Waals surface area contributed by atoms with Gasteiger partial charge in [-0.1, -0.05) is 15.9 Å². The number of nitrogens with zero attached hydrogens (tertiary/aromatic N) is 3. The minimum absolute atomic E-state index is 0.101. The quantitative estimate of drug-likeness (QED) is 0.327. The molecule has 0 spiro atoms. The Kier molecular flexibility index (Phi) is 7.07. The van der Waals surface area contributed by atoms with Gasteiger partial charge in [0.25, 0.3) is 5.69 Å². The van der Waals surface area contributed by atoms with Crippen LogP contribution in [-0.4, -0.2) is 49.0 Å². The van der Waals surface area contributed by atoms with Gasteiger partial charge in [0.15, 0.2) is 0 Å². The number of halogens is 4. The van der Waals surface area contributed by atoms with Gasteiger partial charge in [-0.05, 0) is 36.4 Å². The number of nitro benzene ring substituents is 1. The van der Waals surface area contributed by atoms with Crippen LogP contribution in [0.3, 0.4) is 0 Å². The van der Waals surface area contributed by atoms with Crippen LogP contribution < -0.4 is 9.64 Å². The fourth-order valence-corrected chi connectivity index (χ4v) is 3.76. The van der Waals surface area contributed by atoms with Crippen molar-refractivity contribution < 1.29 is 27.6 Å². The SMILES string of the molecule is COc1ccc(Br)cc1/C=C/C(=O)N1CCN(c2ccc(C(F)(F)F)cc2[N+](=O)[O-])CC1. The number of hydrogen-bond donors (Lipinski definition) is 0. The molecule has 0 bridgehead atoms. The lowest BCUT2D eigenvalue weighted by Crippen LogP contribution is -2.48. The number of nitro groups is 1. The van der Waals surface area contributed by atoms with Crippen LogP contribution in [0.1, 0.15) is 11.1 Å². The van der Waals surface area contributed by atoms with Gasteiger partial charge in [0.05, 0.1) is 17.6 Å². The molecule has 11 heteroatoms. The molecule has 170 valence electrons. The van der Waals surface area contributed by atoms with Crippen molar-refractivity contribution in [3.05, 3.63) is 68.2 Å². The summed E-state index contributed by atoms with van der Waals surface area (Å²) in [5.41, 5.74) is -0.866. The number of ether oxygens (including phenoxy) is 1. The zero-order valence-electron chi connectivity index (χ0n) is 16.9. The Bertz CT molecular complexity index is 1050. The van der Waals surface area contributed by atoms with Crippen LogP contribution in [0.2, 0.25) is 0 Å². The molecule has 1 amide bonds. The molecule has 0 aliphatic carbocycles. The number of piperazine rings is 1. The molecule has 1 aliphatic rings. The summed E-state index contributed by atoms with van der Waals surface area (Å²) in [5, 5.41) is 11.3. The molecule has 1 saturated heterocycles. The molecule has 0 unspecified atom stereocenters. The van der Waals surface area contributed by atoms with Crippen molar-refractivity contribution >= 4 is 39.3 Å². The van der Waals surface area contributed by atoms with E-state index in [1.165, 1.54) is 13.2 Å². The molecule has 0 N–H and O–H groups in total. The largest absolute Gasteiger partial charge is 0.496 e. The molecule has 0 atom stereocenters. The summed E-state index contributed by atoms with van der Waals surface area (Å²) in [7, 11) is 1.53. The van der Waals surface area contributed by atoms with Gasteiger partial charge in [-0.3, -0.25) is 14.9 Å². The van der Waals surface area contributed by atoms with Crippen molar-refractivity contribution in [1.82, 2.24) is 4.90 Å². The summed E-state index contributed by atoms with van der Waals surface area (Å²) in [5.74, 6) is 0.366. The van der Waals surface area contributed by atoms with Crippen molar-refractivity contribution in [2.45, 2.75) is 6.18 Å². The van der Waals surface area contributed by atoms with Crippen molar-refractivity contribution in [1.29, 1.82) is 0 Å². The summed E-state index contributed by atoms with van der Waals surface area (Å²) in [6.07, 6.45) is -1.61. The first kappa shape index (κ1) is 23.6. The van der Waals surface area contributed by atoms with Gasteiger partial charge < -0.3 is 14.5 Å². The van der Waals surface area contributed by atoms with E-state index in [-0.39, 0.29) is 37.8 Å². The van der Waals surface area contributed by atoms with Crippen LogP contribution in [0.5, 0.6) is 5.75 Å². The fraction of sp³-hybridized carbons (Fsp3) is 0.286. The first-order valence-electron chi connectivity index (χ1n) is 9.51. The average Bonchev–Trinajstić information content (AvgIpc) is 2.76. The highest BCUT2D eigenvalue weighted by atomic mass is 79.9. The van der Waals surface area contributed by atoms with Crippen LogP contribution >= 0.6 is 15.9 Å². The maximum atomic E-state index is 12.9. The number of carbonyl (C=O) groups is 1. The van der Waals surface area contributed by atoms with E-state index in [4.69, 9.17) is 4.74 Å². The third-order valence-corrected chi connectivity index (χ3v) is 5.52. The number of anilines is 1. The fourth-order valence-electron chi connectivity index (χ4n) is 3.38. The van der Waals surface area contributed by atoms with E-state index < -0.39 is 22.4 Å². The number of benzene rings is 2. The summed E-state index contributed by atoms with van der Waals surface area (Å²) in [4.78, 5) is 26.3. The highest BCUT2D eigenvalue weighted by Crippen LogP contribution is 2.36. The standard InChI is InChI=1S/C21H19BrF3N3O4/c1-32-19-6-4-16(22)12-14(19)2-7-20(29)27-10-8-26(9-11-27)17-5-3-15(21(23,24)25)13-18(17)28(30)31/h2-7,12-13H,8-11H2,1H3/b7-2+. The molecular weight excluding hydrogens is 495 g/mol. The van der Waals surface area contributed by atoms with Crippen molar-refractivity contribution in [3.63, 3.8) is 0 Å².